The SMILES string of the molecule is Cn1nnc(-c2ccc(N3C[C@@H]4C[C@H](N[C@@H]5CCCC[C@H]5Nc5cc(-c6cccc(C(N)=O)c6)ccn5)[C@H]3C4)cc2)n1. The number of amides is 1. The number of anilines is 2. The van der Waals surface area contributed by atoms with Gasteiger partial charge in [0.05, 0.1) is 7.05 Å². The Kier molecular flexibility index (Phi) is 7.07. The highest BCUT2D eigenvalue weighted by molar-refractivity contribution is 5.94. The maximum Gasteiger partial charge on any atom is 0.248 e. The molecule has 216 valence electrons. The second kappa shape index (κ2) is 11.2. The number of nitrogens with two attached hydrogens (primary N) is 1. The van der Waals surface area contributed by atoms with Crippen molar-refractivity contribution in [1.29, 1.82) is 0 Å². The third-order valence-corrected chi connectivity index (χ3v) is 9.22. The predicted molar refractivity (Wildman–Crippen MR) is 163 cm³/mol. The van der Waals surface area contributed by atoms with Crippen molar-refractivity contribution < 1.29 is 4.79 Å². The van der Waals surface area contributed by atoms with Crippen LogP contribution in [0.25, 0.3) is 22.5 Å². The van der Waals surface area contributed by atoms with Crippen molar-refractivity contribution in [1.82, 2.24) is 30.5 Å². The van der Waals surface area contributed by atoms with Gasteiger partial charge in [-0.25, -0.2) is 4.98 Å². The van der Waals surface area contributed by atoms with Gasteiger partial charge in [-0.2, -0.15) is 4.80 Å². The monoisotopic (exact) mass is 563 g/mol. The highest BCUT2D eigenvalue weighted by Crippen LogP contribution is 2.41. The van der Waals surface area contributed by atoms with Gasteiger partial charge < -0.3 is 21.3 Å². The zero-order chi connectivity index (χ0) is 28.6. The van der Waals surface area contributed by atoms with Gasteiger partial charge in [0.15, 0.2) is 0 Å². The number of nitrogens with zero attached hydrogens (tertiary/aromatic N) is 6. The summed E-state index contributed by atoms with van der Waals surface area (Å²) in [6.07, 6.45) is 9.03. The lowest BCUT2D eigenvalue weighted by atomic mass is 9.89. The molecular formula is C32H37N9O. The van der Waals surface area contributed by atoms with E-state index in [1.165, 1.54) is 36.2 Å². The van der Waals surface area contributed by atoms with Crippen molar-refractivity contribution in [3.05, 3.63) is 72.4 Å². The van der Waals surface area contributed by atoms with E-state index in [0.717, 1.165) is 47.8 Å². The van der Waals surface area contributed by atoms with Crippen LogP contribution in [0.4, 0.5) is 11.5 Å². The van der Waals surface area contributed by atoms with Crippen LogP contribution in [-0.4, -0.2) is 61.8 Å². The predicted octanol–water partition coefficient (Wildman–Crippen LogP) is 4.02. The molecule has 0 unspecified atom stereocenters. The molecule has 2 bridgehead atoms. The molecule has 4 N–H and O–H groups in total. The van der Waals surface area contributed by atoms with Crippen LogP contribution in [0.5, 0.6) is 0 Å². The number of carbonyl (C=O) groups excluding carboxylic acids is 1. The van der Waals surface area contributed by atoms with Gasteiger partial charge in [-0.1, -0.05) is 25.0 Å². The second-order valence-corrected chi connectivity index (χ2v) is 12.0. The standard InChI is InChI=1S/C32H37N9O/c1-40-38-32(37-39-40)21-9-11-25(12-10-21)41-19-20-15-28(29(41)16-20)35-26-7-2-3-8-27(26)36-30-18-23(13-14-34-30)22-5-4-6-24(17-22)31(33)42/h4-6,9-14,17-18,20,26-29,35H,2-3,7-8,15-16,19H2,1H3,(H2,33,42)(H,34,36)/t20-,26-,27-,28+,29-/m1/s1. The fraction of sp³-hybridized carbons (Fsp3) is 0.406. The highest BCUT2D eigenvalue weighted by Gasteiger charge is 2.46. The van der Waals surface area contributed by atoms with Crippen molar-refractivity contribution in [3.8, 4) is 22.5 Å². The summed E-state index contributed by atoms with van der Waals surface area (Å²) in [4.78, 5) is 20.4. The molecule has 3 heterocycles. The van der Waals surface area contributed by atoms with Crippen molar-refractivity contribution in [2.24, 2.45) is 18.7 Å². The Balaban J connectivity index is 1.03. The average Bonchev–Trinajstić information content (AvgIpc) is 3.75. The Morgan fingerprint density at radius 3 is 2.50 bits per heavy atom. The first kappa shape index (κ1) is 26.6. The van der Waals surface area contributed by atoms with E-state index in [-0.39, 0.29) is 0 Å². The molecule has 7 rings (SSSR count). The minimum absolute atomic E-state index is 0.310. The third kappa shape index (κ3) is 5.34. The van der Waals surface area contributed by atoms with Crippen molar-refractivity contribution >= 4 is 17.4 Å². The van der Waals surface area contributed by atoms with E-state index in [1.807, 2.05) is 30.5 Å². The van der Waals surface area contributed by atoms with Crippen LogP contribution in [0.1, 0.15) is 48.9 Å². The zero-order valence-electron chi connectivity index (χ0n) is 23.9. The van der Waals surface area contributed by atoms with Crippen molar-refractivity contribution in [2.45, 2.75) is 62.7 Å². The van der Waals surface area contributed by atoms with E-state index < -0.39 is 5.91 Å². The van der Waals surface area contributed by atoms with Gasteiger partial charge in [0, 0.05) is 53.7 Å². The number of pyridine rings is 1. The number of hydrogen-bond donors (Lipinski definition) is 3. The minimum Gasteiger partial charge on any atom is -0.367 e. The minimum atomic E-state index is -0.420. The molecule has 3 fully saturated rings. The number of rotatable bonds is 8. The van der Waals surface area contributed by atoms with E-state index in [1.54, 1.807) is 13.1 Å². The molecule has 4 aromatic rings. The number of hydrogen-bond acceptors (Lipinski definition) is 8. The van der Waals surface area contributed by atoms with E-state index in [0.29, 0.717) is 35.6 Å². The Labute approximate surface area is 245 Å². The van der Waals surface area contributed by atoms with E-state index >= 15 is 0 Å². The maximum atomic E-state index is 11.7. The summed E-state index contributed by atoms with van der Waals surface area (Å²) >= 11 is 0. The molecule has 5 atom stereocenters. The molecule has 2 aromatic carbocycles. The van der Waals surface area contributed by atoms with Crippen LogP contribution in [0.3, 0.4) is 0 Å². The average molecular weight is 564 g/mol. The number of fused-ring (bicyclic) bond motifs is 2. The number of benzene rings is 2. The molecular weight excluding hydrogens is 526 g/mol. The summed E-state index contributed by atoms with van der Waals surface area (Å²) in [6.45, 7) is 1.12. The quantitative estimate of drug-likeness (QED) is 0.293. The Morgan fingerprint density at radius 2 is 1.74 bits per heavy atom. The topological polar surface area (TPSA) is 127 Å². The fourth-order valence-corrected chi connectivity index (χ4v) is 7.21. The van der Waals surface area contributed by atoms with Gasteiger partial charge in [0.2, 0.25) is 11.7 Å². The summed E-state index contributed by atoms with van der Waals surface area (Å²) in [7, 11) is 1.78. The van der Waals surface area contributed by atoms with Crippen LogP contribution < -0.4 is 21.3 Å². The molecule has 42 heavy (non-hydrogen) atoms. The van der Waals surface area contributed by atoms with E-state index in [2.05, 4.69) is 66.3 Å². The summed E-state index contributed by atoms with van der Waals surface area (Å²) in [5, 5.41) is 20.3. The molecule has 1 amide bonds. The largest absolute Gasteiger partial charge is 0.367 e. The molecule has 10 nitrogen and oxygen atoms in total. The van der Waals surface area contributed by atoms with Gasteiger partial charge in [-0.15, -0.1) is 10.2 Å². The van der Waals surface area contributed by atoms with Crippen LogP contribution in [-0.2, 0) is 7.05 Å². The van der Waals surface area contributed by atoms with Crippen LogP contribution in [0.2, 0.25) is 0 Å². The van der Waals surface area contributed by atoms with Crippen molar-refractivity contribution in [3.63, 3.8) is 0 Å². The van der Waals surface area contributed by atoms with E-state index in [9.17, 15) is 4.79 Å². The van der Waals surface area contributed by atoms with Gasteiger partial charge in [0.25, 0.3) is 0 Å². The number of carbonyl (C=O) groups is 1. The smallest absolute Gasteiger partial charge is 0.248 e. The van der Waals surface area contributed by atoms with Crippen molar-refractivity contribution in [2.75, 3.05) is 16.8 Å². The second-order valence-electron chi connectivity index (χ2n) is 12.0. The lowest BCUT2D eigenvalue weighted by Gasteiger charge is -2.41. The molecule has 2 aliphatic carbocycles. The molecule has 3 aliphatic rings. The zero-order valence-corrected chi connectivity index (χ0v) is 23.9. The third-order valence-electron chi connectivity index (χ3n) is 9.22. The van der Waals surface area contributed by atoms with Crippen LogP contribution >= 0.6 is 0 Å². The lowest BCUT2D eigenvalue weighted by Crippen LogP contribution is -2.56. The van der Waals surface area contributed by atoms with Crippen LogP contribution in [0, 0.1) is 5.92 Å². The number of tetrazole rings is 1. The number of piperidine rings is 1. The van der Waals surface area contributed by atoms with Crippen LogP contribution in [0.15, 0.2) is 66.9 Å². The maximum absolute atomic E-state index is 11.7. The summed E-state index contributed by atoms with van der Waals surface area (Å²) in [6, 6.07) is 21.8. The molecule has 1 saturated heterocycles. The fourth-order valence-electron chi connectivity index (χ4n) is 7.21. The summed E-state index contributed by atoms with van der Waals surface area (Å²) < 4.78 is 0. The number of aryl methyl sites for hydroxylation is 1. The highest BCUT2D eigenvalue weighted by atomic mass is 16.1. The normalized spacial score (nSPS) is 25.1. The number of nitrogens with one attached hydrogen (secondary N) is 2. The molecule has 0 spiro atoms. The number of primary amides is 1. The first-order chi connectivity index (χ1) is 20.5. The molecule has 10 heteroatoms. The van der Waals surface area contributed by atoms with Gasteiger partial charge in [-0.3, -0.25) is 4.79 Å². The van der Waals surface area contributed by atoms with Gasteiger partial charge >= 0.3 is 0 Å². The van der Waals surface area contributed by atoms with E-state index in [4.69, 9.17) is 5.73 Å². The summed E-state index contributed by atoms with van der Waals surface area (Å²) in [5.74, 6) is 1.82. The van der Waals surface area contributed by atoms with Gasteiger partial charge in [0.1, 0.15) is 5.82 Å². The number of aromatic nitrogens is 5. The Morgan fingerprint density at radius 1 is 0.929 bits per heavy atom. The molecule has 0 radical (unpaired) electrons. The van der Waals surface area contributed by atoms with Gasteiger partial charge in [-0.05, 0) is 96.5 Å². The Hall–Kier alpha value is -4.31. The molecule has 2 saturated carbocycles. The molecule has 1 aliphatic heterocycles. The first-order valence-electron chi connectivity index (χ1n) is 15.0. The first-order valence-corrected chi connectivity index (χ1v) is 15.0. The lowest BCUT2D eigenvalue weighted by molar-refractivity contribution is 0.100. The molecule has 2 aromatic heterocycles. The Bertz CT molecular complexity index is 1570. The summed E-state index contributed by atoms with van der Waals surface area (Å²) in [5.41, 5.74) is 10.2.